The molecule has 0 unspecified atom stereocenters. The van der Waals surface area contributed by atoms with Crippen LogP contribution in [0.1, 0.15) is 230 Å². The Labute approximate surface area is 607 Å². The van der Waals surface area contributed by atoms with Gasteiger partial charge in [-0.25, -0.2) is 9.59 Å². The highest BCUT2D eigenvalue weighted by atomic mass is 16.5. The van der Waals surface area contributed by atoms with Crippen LogP contribution in [0.4, 0.5) is 0 Å². The van der Waals surface area contributed by atoms with Crippen LogP contribution in [0.3, 0.4) is 0 Å². The predicted molar refractivity (Wildman–Crippen MR) is 431 cm³/mol. The number of carbonyl (C=O) groups excluding carboxylic acids is 2. The topological polar surface area (TPSA) is 149 Å². The Bertz CT molecular complexity index is 5020. The Morgan fingerprint density at radius 3 is 1.45 bits per heavy atom. The predicted octanol–water partition coefficient (Wildman–Crippen LogP) is 23.8. The number of hydrogen-bond acceptors (Lipinski definition) is 5. The molecule has 0 saturated heterocycles. The third-order valence-electron chi connectivity index (χ3n) is 18.5. The number of nitriles is 1. The van der Waals surface area contributed by atoms with E-state index in [-0.39, 0.29) is 49.8 Å². The summed E-state index contributed by atoms with van der Waals surface area (Å²) in [5.74, 6) is -0.510. The molecule has 102 heavy (non-hydrogen) atoms. The molecule has 0 radical (unpaired) electrons. The van der Waals surface area contributed by atoms with Crippen molar-refractivity contribution in [2.45, 2.75) is 204 Å². The number of fused-ring (bicyclic) bond motifs is 6. The van der Waals surface area contributed by atoms with Gasteiger partial charge in [-0.15, -0.1) is 0 Å². The average molecular weight is 1370 g/mol. The Morgan fingerprint density at radius 2 is 0.912 bits per heavy atom. The van der Waals surface area contributed by atoms with Crippen LogP contribution in [-0.4, -0.2) is 54.2 Å². The summed E-state index contributed by atoms with van der Waals surface area (Å²) >= 11 is 0. The number of rotatable bonds is 6. The Balaban J connectivity index is 0.000000156. The largest absolute Gasteiger partial charge is 0.462 e. The summed E-state index contributed by atoms with van der Waals surface area (Å²) in [5, 5.41) is 15.8. The number of nitrogens with one attached hydrogen (secondary N) is 4. The van der Waals surface area contributed by atoms with Gasteiger partial charge < -0.3 is 38.5 Å². The smallest absolute Gasteiger partial charge is 0.340 e. The first-order chi connectivity index (χ1) is 47.6. The van der Waals surface area contributed by atoms with Crippen molar-refractivity contribution in [3.05, 3.63) is 250 Å². The lowest BCUT2D eigenvalue weighted by Gasteiger charge is -2.22. The van der Waals surface area contributed by atoms with Gasteiger partial charge in [0.2, 0.25) is 0 Å². The summed E-state index contributed by atoms with van der Waals surface area (Å²) in [6.07, 6.45) is 7.99. The molecular formula is C91H113N7O4. The van der Waals surface area contributed by atoms with Crippen LogP contribution in [0.15, 0.2) is 189 Å². The van der Waals surface area contributed by atoms with Crippen LogP contribution in [0.2, 0.25) is 0 Å². The number of carbonyl (C=O) groups is 2. The second-order valence-corrected chi connectivity index (χ2v) is 34.1. The van der Waals surface area contributed by atoms with E-state index in [4.69, 9.17) is 14.7 Å². The molecule has 11 heteroatoms. The molecule has 0 fully saturated rings. The molecule has 6 aromatic heterocycles. The number of aryl methyl sites for hydroxylation is 1. The van der Waals surface area contributed by atoms with Crippen molar-refractivity contribution in [1.29, 1.82) is 5.26 Å². The standard InChI is InChI=1S/C19H21N.C16H23N.2C15H19NO2.C13H14N2.C13H17N/c1-19(2,3)17-10-9-16-11-12-20(18(16)13-17)14-15-7-5-4-6-8-15;1-15(2,3)12-8-7-11-9-14(16(4,5)6)17-13(11)10-12;1-5-18-14(17)12-8-10(15(2,3)4)9-13-11(12)6-7-16-13;1-5-18-14(17)12-11(15(2,3)4)7-6-10-8-9-16-13(10)12;1-13(2,3)10-5-4-9-6-11(8-14)15-12(9)7-10;1-13(2,3)11-6-5-10-7-8-14(4)12(10)9-11/h4-13H,14H2,1-3H3;7-10,17H,1-6H3;2*6-9,16H,5H2,1-4H3;4-7,15H,1-3H3;5-9H,1-4H3. The van der Waals surface area contributed by atoms with E-state index in [9.17, 15) is 9.59 Å². The van der Waals surface area contributed by atoms with Crippen LogP contribution in [0, 0.1) is 11.3 Å². The zero-order valence-corrected chi connectivity index (χ0v) is 65.5. The first-order valence-electron chi connectivity index (χ1n) is 36.0. The van der Waals surface area contributed by atoms with E-state index in [1.807, 2.05) is 62.6 Å². The van der Waals surface area contributed by atoms with E-state index in [0.29, 0.717) is 30.0 Å². The van der Waals surface area contributed by atoms with Crippen LogP contribution in [0.5, 0.6) is 0 Å². The van der Waals surface area contributed by atoms with Gasteiger partial charge in [-0.1, -0.05) is 236 Å². The minimum Gasteiger partial charge on any atom is -0.462 e. The Kier molecular flexibility index (Phi) is 23.8. The maximum absolute atomic E-state index is 12.2. The third kappa shape index (κ3) is 19.6. The van der Waals surface area contributed by atoms with E-state index in [2.05, 4.69) is 327 Å². The first kappa shape index (κ1) is 77.9. The molecule has 536 valence electrons. The molecule has 7 aromatic carbocycles. The van der Waals surface area contributed by atoms with Gasteiger partial charge in [-0.2, -0.15) is 5.26 Å². The van der Waals surface area contributed by atoms with Gasteiger partial charge in [0.05, 0.1) is 29.9 Å². The van der Waals surface area contributed by atoms with Crippen LogP contribution >= 0.6 is 0 Å². The highest BCUT2D eigenvalue weighted by Gasteiger charge is 2.27. The van der Waals surface area contributed by atoms with E-state index in [1.165, 1.54) is 66.2 Å². The van der Waals surface area contributed by atoms with Gasteiger partial charge in [-0.3, -0.25) is 0 Å². The molecule has 0 saturated carbocycles. The summed E-state index contributed by atoms with van der Waals surface area (Å²) in [7, 11) is 2.09. The molecule has 13 rings (SSSR count). The average Bonchev–Trinajstić information content (AvgIpc) is 1.35. The van der Waals surface area contributed by atoms with E-state index in [1.54, 1.807) is 0 Å². The quantitative estimate of drug-likeness (QED) is 0.122. The number of hydrogen-bond donors (Lipinski definition) is 4. The lowest BCUT2D eigenvalue weighted by Crippen LogP contribution is -2.18. The number of nitrogens with zero attached hydrogens (tertiary/aromatic N) is 3. The zero-order chi connectivity index (χ0) is 75.1. The van der Waals surface area contributed by atoms with Crippen molar-refractivity contribution < 1.29 is 19.1 Å². The van der Waals surface area contributed by atoms with Crippen molar-refractivity contribution >= 4 is 77.4 Å². The highest BCUT2D eigenvalue weighted by molar-refractivity contribution is 6.05. The van der Waals surface area contributed by atoms with Crippen molar-refractivity contribution in [2.75, 3.05) is 13.2 Å². The maximum Gasteiger partial charge on any atom is 0.340 e. The molecule has 0 aliphatic rings. The number of ether oxygens (including phenoxy) is 2. The second kappa shape index (κ2) is 31.2. The molecule has 11 nitrogen and oxygen atoms in total. The zero-order valence-electron chi connectivity index (χ0n) is 65.5. The van der Waals surface area contributed by atoms with Crippen molar-refractivity contribution in [3.63, 3.8) is 0 Å². The van der Waals surface area contributed by atoms with E-state index < -0.39 is 0 Å². The summed E-state index contributed by atoms with van der Waals surface area (Å²) in [4.78, 5) is 37.1. The fourth-order valence-electron chi connectivity index (χ4n) is 12.1. The van der Waals surface area contributed by atoms with Crippen LogP contribution in [0.25, 0.3) is 65.4 Å². The lowest BCUT2D eigenvalue weighted by atomic mass is 9.83. The van der Waals surface area contributed by atoms with Crippen molar-refractivity contribution in [2.24, 2.45) is 7.05 Å². The number of esters is 2. The minimum atomic E-state index is -0.256. The summed E-state index contributed by atoms with van der Waals surface area (Å²) in [6, 6.07) is 59.8. The molecule has 0 amide bonds. The molecule has 0 aliphatic heterocycles. The van der Waals surface area contributed by atoms with Crippen molar-refractivity contribution in [3.8, 4) is 6.07 Å². The monoisotopic (exact) mass is 1370 g/mol. The lowest BCUT2D eigenvalue weighted by molar-refractivity contribution is 0.0517. The van der Waals surface area contributed by atoms with E-state index >= 15 is 0 Å². The van der Waals surface area contributed by atoms with Crippen LogP contribution < -0.4 is 0 Å². The molecule has 0 atom stereocenters. The minimum absolute atomic E-state index is 0.000540. The summed E-state index contributed by atoms with van der Waals surface area (Å²) < 4.78 is 14.8. The summed E-state index contributed by atoms with van der Waals surface area (Å²) in [5.41, 5.74) is 19.8. The first-order valence-corrected chi connectivity index (χ1v) is 36.0. The molecule has 4 N–H and O–H groups in total. The van der Waals surface area contributed by atoms with E-state index in [0.717, 1.165) is 50.4 Å². The number of aromatic amines is 4. The molecule has 0 spiro atoms. The fourth-order valence-corrected chi connectivity index (χ4v) is 12.1. The number of H-pyrrole nitrogens is 4. The Hall–Kier alpha value is -9.79. The van der Waals surface area contributed by atoms with Gasteiger partial charge in [0.25, 0.3) is 0 Å². The highest BCUT2D eigenvalue weighted by Crippen LogP contribution is 2.35. The number of aromatic nitrogens is 6. The fraction of sp³-hybridized carbons (Fsp3) is 0.374. The van der Waals surface area contributed by atoms with Gasteiger partial charge >= 0.3 is 11.9 Å². The van der Waals surface area contributed by atoms with Gasteiger partial charge in [-0.05, 0) is 174 Å². The maximum atomic E-state index is 12.2. The molecule has 13 aromatic rings. The van der Waals surface area contributed by atoms with Gasteiger partial charge in [0, 0.05) is 93.2 Å². The second-order valence-electron chi connectivity index (χ2n) is 34.1. The molecular weight excluding hydrogens is 1260 g/mol. The molecule has 0 aliphatic carbocycles. The Morgan fingerprint density at radius 1 is 0.431 bits per heavy atom. The normalized spacial score (nSPS) is 12.1. The SMILES string of the molecule is CC(C)(C)c1ccc2cc(C#N)[nH]c2c1.CC(C)(C)c1ccc2cc(C(C)(C)C)[nH]c2c1.CC(C)(C)c1ccc2ccn(Cc3ccccc3)c2c1.CCOC(=O)c1c(C(C)(C)C)ccc2cc[nH]c12.CCOC(=O)c1cc(C(C)(C)C)cc2[nH]ccc12.Cn1ccc2ccc(C(C)(C)C)cc21. The molecule has 0 bridgehead atoms. The third-order valence-corrected chi connectivity index (χ3v) is 18.5. The van der Waals surface area contributed by atoms with Gasteiger partial charge in [0.1, 0.15) is 11.8 Å². The molecule has 6 heterocycles. The number of benzene rings is 7. The van der Waals surface area contributed by atoms with Crippen LogP contribution in [-0.2, 0) is 61.0 Å². The van der Waals surface area contributed by atoms with Gasteiger partial charge in [0.15, 0.2) is 0 Å². The summed E-state index contributed by atoms with van der Waals surface area (Å²) in [6.45, 7) is 51.6. The van der Waals surface area contributed by atoms with Crippen molar-refractivity contribution in [1.82, 2.24) is 29.1 Å².